The van der Waals surface area contributed by atoms with Crippen LogP contribution in [0.25, 0.3) is 0 Å². The van der Waals surface area contributed by atoms with Crippen molar-refractivity contribution >= 4 is 17.2 Å². The summed E-state index contributed by atoms with van der Waals surface area (Å²) in [6.45, 7) is 0.760. The summed E-state index contributed by atoms with van der Waals surface area (Å²) < 4.78 is 10.6. The quantitative estimate of drug-likeness (QED) is 0.638. The topological polar surface area (TPSA) is 77.7 Å². The summed E-state index contributed by atoms with van der Waals surface area (Å²) in [7, 11) is 3.20. The first-order valence-electron chi connectivity index (χ1n) is 6.77. The molecule has 3 rings (SSSR count). The van der Waals surface area contributed by atoms with E-state index in [9.17, 15) is 10.1 Å². The largest absolute Gasteiger partial charge is 0.493 e. The van der Waals surface area contributed by atoms with E-state index in [1.807, 2.05) is 17.0 Å². The Morgan fingerprint density at radius 1 is 1.23 bits per heavy atom. The minimum Gasteiger partial charge on any atom is -0.493 e. The van der Waals surface area contributed by atoms with Crippen LogP contribution >= 0.6 is 0 Å². The van der Waals surface area contributed by atoms with Crippen LogP contribution in [-0.2, 0) is 6.42 Å². The maximum atomic E-state index is 10.7. The molecule has 0 amide bonds. The third-order valence-electron chi connectivity index (χ3n) is 3.70. The van der Waals surface area contributed by atoms with Crippen LogP contribution in [0.15, 0.2) is 30.5 Å². The molecule has 0 bridgehead atoms. The number of rotatable bonds is 4. The van der Waals surface area contributed by atoms with Crippen molar-refractivity contribution in [3.05, 3.63) is 46.1 Å². The number of nitrogens with zero attached hydrogens (tertiary/aromatic N) is 3. The van der Waals surface area contributed by atoms with Crippen LogP contribution in [0.5, 0.6) is 11.5 Å². The van der Waals surface area contributed by atoms with Gasteiger partial charge in [-0.05, 0) is 24.1 Å². The Morgan fingerprint density at radius 3 is 2.55 bits per heavy atom. The Kier molecular flexibility index (Phi) is 3.54. The first-order chi connectivity index (χ1) is 10.6. The van der Waals surface area contributed by atoms with Crippen molar-refractivity contribution in [2.24, 2.45) is 0 Å². The van der Waals surface area contributed by atoms with E-state index >= 15 is 0 Å². The van der Waals surface area contributed by atoms with Gasteiger partial charge < -0.3 is 14.4 Å². The van der Waals surface area contributed by atoms with Crippen LogP contribution in [0, 0.1) is 10.1 Å². The lowest BCUT2D eigenvalue weighted by molar-refractivity contribution is -0.385. The molecule has 1 aliphatic rings. The molecule has 22 heavy (non-hydrogen) atoms. The van der Waals surface area contributed by atoms with Crippen LogP contribution in [0.3, 0.4) is 0 Å². The molecular formula is C15H15N3O4. The summed E-state index contributed by atoms with van der Waals surface area (Å²) >= 11 is 0. The van der Waals surface area contributed by atoms with E-state index in [1.165, 1.54) is 12.3 Å². The van der Waals surface area contributed by atoms with Gasteiger partial charge in [-0.2, -0.15) is 0 Å². The fourth-order valence-corrected chi connectivity index (χ4v) is 2.60. The molecule has 1 aromatic heterocycles. The monoisotopic (exact) mass is 301 g/mol. The summed E-state index contributed by atoms with van der Waals surface area (Å²) in [5.41, 5.74) is 2.10. The normalized spacial score (nSPS) is 12.9. The van der Waals surface area contributed by atoms with Gasteiger partial charge in [0.1, 0.15) is 12.0 Å². The summed E-state index contributed by atoms with van der Waals surface area (Å²) in [4.78, 5) is 16.5. The van der Waals surface area contributed by atoms with Gasteiger partial charge in [0, 0.05) is 24.4 Å². The Labute approximate surface area is 127 Å². The van der Waals surface area contributed by atoms with Gasteiger partial charge in [-0.1, -0.05) is 0 Å². The van der Waals surface area contributed by atoms with Crippen LogP contribution < -0.4 is 14.4 Å². The molecule has 2 aromatic rings. The highest BCUT2D eigenvalue weighted by atomic mass is 16.6. The average molecular weight is 301 g/mol. The Balaban J connectivity index is 1.98. The fourth-order valence-electron chi connectivity index (χ4n) is 2.60. The van der Waals surface area contributed by atoms with E-state index in [1.54, 1.807) is 20.3 Å². The maximum absolute atomic E-state index is 10.7. The van der Waals surface area contributed by atoms with E-state index in [0.29, 0.717) is 17.3 Å². The number of nitro groups is 1. The lowest BCUT2D eigenvalue weighted by atomic mass is 10.1. The van der Waals surface area contributed by atoms with Gasteiger partial charge in [0.15, 0.2) is 11.5 Å². The molecule has 0 fully saturated rings. The lowest BCUT2D eigenvalue weighted by Crippen LogP contribution is -2.14. The summed E-state index contributed by atoms with van der Waals surface area (Å²) in [5.74, 6) is 2.02. The lowest BCUT2D eigenvalue weighted by Gasteiger charge is -2.19. The fraction of sp³-hybridized carbons (Fsp3) is 0.267. The minimum atomic E-state index is -0.456. The Hall–Kier alpha value is -2.83. The van der Waals surface area contributed by atoms with E-state index in [0.717, 1.165) is 24.2 Å². The zero-order chi connectivity index (χ0) is 15.7. The number of anilines is 2. The second kappa shape index (κ2) is 5.51. The zero-order valence-corrected chi connectivity index (χ0v) is 12.3. The van der Waals surface area contributed by atoms with Crippen molar-refractivity contribution in [3.63, 3.8) is 0 Å². The van der Waals surface area contributed by atoms with E-state index in [2.05, 4.69) is 4.98 Å². The molecule has 2 heterocycles. The molecule has 0 spiro atoms. The summed E-state index contributed by atoms with van der Waals surface area (Å²) in [5, 5.41) is 10.7. The first kappa shape index (κ1) is 14.1. The Morgan fingerprint density at radius 2 is 1.95 bits per heavy atom. The molecule has 114 valence electrons. The number of benzene rings is 1. The molecule has 7 heteroatoms. The molecule has 0 atom stereocenters. The van der Waals surface area contributed by atoms with Crippen LogP contribution in [0.1, 0.15) is 5.56 Å². The third-order valence-corrected chi connectivity index (χ3v) is 3.70. The van der Waals surface area contributed by atoms with Crippen molar-refractivity contribution in [2.45, 2.75) is 6.42 Å². The van der Waals surface area contributed by atoms with Crippen molar-refractivity contribution < 1.29 is 14.4 Å². The van der Waals surface area contributed by atoms with E-state index in [4.69, 9.17) is 9.47 Å². The number of aromatic nitrogens is 1. The highest BCUT2D eigenvalue weighted by Gasteiger charge is 2.24. The number of pyridine rings is 1. The number of hydrogen-bond acceptors (Lipinski definition) is 6. The molecule has 0 aliphatic carbocycles. The van der Waals surface area contributed by atoms with Crippen molar-refractivity contribution in [1.29, 1.82) is 0 Å². The van der Waals surface area contributed by atoms with E-state index in [-0.39, 0.29) is 5.69 Å². The van der Waals surface area contributed by atoms with Gasteiger partial charge in [0.2, 0.25) is 0 Å². The highest BCUT2D eigenvalue weighted by Crippen LogP contribution is 2.41. The van der Waals surface area contributed by atoms with Gasteiger partial charge in [0.25, 0.3) is 5.69 Å². The van der Waals surface area contributed by atoms with Gasteiger partial charge >= 0.3 is 0 Å². The first-order valence-corrected chi connectivity index (χ1v) is 6.77. The molecule has 0 unspecified atom stereocenters. The van der Waals surface area contributed by atoms with Crippen LogP contribution in [-0.4, -0.2) is 30.7 Å². The van der Waals surface area contributed by atoms with Crippen molar-refractivity contribution in [1.82, 2.24) is 4.98 Å². The van der Waals surface area contributed by atoms with Gasteiger partial charge in [-0.15, -0.1) is 0 Å². The van der Waals surface area contributed by atoms with Crippen molar-refractivity contribution in [3.8, 4) is 11.5 Å². The molecule has 0 saturated carbocycles. The second-order valence-corrected chi connectivity index (χ2v) is 4.87. The molecular weight excluding hydrogens is 286 g/mol. The smallest absolute Gasteiger partial charge is 0.287 e. The van der Waals surface area contributed by atoms with Crippen LogP contribution in [0.2, 0.25) is 0 Å². The average Bonchev–Trinajstić information content (AvgIpc) is 2.96. The minimum absolute atomic E-state index is 0.0181. The van der Waals surface area contributed by atoms with Crippen molar-refractivity contribution in [2.75, 3.05) is 25.7 Å². The second-order valence-electron chi connectivity index (χ2n) is 4.87. The molecule has 0 radical (unpaired) electrons. The van der Waals surface area contributed by atoms with Crippen LogP contribution in [0.4, 0.5) is 17.2 Å². The molecule has 1 aromatic carbocycles. The van der Waals surface area contributed by atoms with Gasteiger partial charge in [-0.3, -0.25) is 10.1 Å². The van der Waals surface area contributed by atoms with E-state index < -0.39 is 4.92 Å². The summed E-state index contributed by atoms with van der Waals surface area (Å²) in [6, 6.07) is 6.98. The summed E-state index contributed by atoms with van der Waals surface area (Å²) in [6.07, 6.45) is 2.13. The third kappa shape index (κ3) is 2.30. The standard InChI is InChI=1S/C15H15N3O4/c1-21-13-7-10-5-6-17(12(10)8-14(13)22-2)15-4-3-11(9-16-15)18(19)20/h3-4,7-9H,5-6H2,1-2H3. The zero-order valence-electron chi connectivity index (χ0n) is 12.3. The van der Waals surface area contributed by atoms with Gasteiger partial charge in [-0.25, -0.2) is 4.98 Å². The highest BCUT2D eigenvalue weighted by molar-refractivity contribution is 5.71. The Bertz CT molecular complexity index is 715. The predicted octanol–water partition coefficient (Wildman–Crippen LogP) is 2.70. The van der Waals surface area contributed by atoms with Gasteiger partial charge in [0.05, 0.1) is 19.1 Å². The molecule has 7 nitrogen and oxygen atoms in total. The number of methoxy groups -OCH3 is 2. The maximum Gasteiger partial charge on any atom is 0.287 e. The SMILES string of the molecule is COc1cc2c(cc1OC)N(c1ccc([N+](=O)[O-])cn1)CC2. The number of ether oxygens (including phenoxy) is 2. The molecule has 0 saturated heterocycles. The number of hydrogen-bond donors (Lipinski definition) is 0. The predicted molar refractivity (Wildman–Crippen MR) is 81.1 cm³/mol. The number of fused-ring (bicyclic) bond motifs is 1. The molecule has 1 aliphatic heterocycles. The molecule has 0 N–H and O–H groups in total.